The van der Waals surface area contributed by atoms with E-state index in [0.717, 1.165) is 16.8 Å². The summed E-state index contributed by atoms with van der Waals surface area (Å²) in [4.78, 5) is 26.8. The van der Waals surface area contributed by atoms with E-state index < -0.39 is 23.7 Å². The Kier molecular flexibility index (Phi) is 4.17. The summed E-state index contributed by atoms with van der Waals surface area (Å²) in [5.74, 6) is -2.56. The molecule has 1 N–H and O–H groups in total. The van der Waals surface area contributed by atoms with Gasteiger partial charge in [-0.3, -0.25) is 0 Å². The minimum atomic E-state index is -1.25. The third kappa shape index (κ3) is 2.82. The van der Waals surface area contributed by atoms with Gasteiger partial charge in [0.2, 0.25) is 0 Å². The summed E-state index contributed by atoms with van der Waals surface area (Å²) in [6.45, 7) is 1.68. The van der Waals surface area contributed by atoms with Gasteiger partial charge in [-0.05, 0) is 19.1 Å². The van der Waals surface area contributed by atoms with Gasteiger partial charge in [-0.25, -0.2) is 18.6 Å². The number of aromatic carboxylic acids is 1. The van der Waals surface area contributed by atoms with Gasteiger partial charge in [0.05, 0.1) is 23.0 Å². The van der Waals surface area contributed by atoms with E-state index >= 15 is 0 Å². The lowest BCUT2D eigenvalue weighted by Gasteiger charge is -2.27. The number of ether oxygens (including phenoxy) is 2. The van der Waals surface area contributed by atoms with Crippen molar-refractivity contribution in [1.82, 2.24) is 9.66 Å². The normalized spacial score (nSPS) is 15.8. The molecule has 144 valence electrons. The molecular weight excluding hydrogens is 376 g/mol. The second kappa shape index (κ2) is 6.55. The number of benzene rings is 2. The smallest absolute Gasteiger partial charge is 0.335 e. The van der Waals surface area contributed by atoms with Crippen LogP contribution in [0, 0.1) is 23.5 Å². The molecule has 0 unspecified atom stereocenters. The maximum atomic E-state index is 14.4. The van der Waals surface area contributed by atoms with Crippen LogP contribution in [-0.4, -0.2) is 27.3 Å². The van der Waals surface area contributed by atoms with Crippen LogP contribution in [0.25, 0.3) is 11.0 Å². The third-order valence-electron chi connectivity index (χ3n) is 4.48. The zero-order chi connectivity index (χ0) is 20.0. The molecule has 28 heavy (non-hydrogen) atoms. The summed E-state index contributed by atoms with van der Waals surface area (Å²) < 4.78 is 40.0. The molecule has 1 aliphatic rings. The van der Waals surface area contributed by atoms with Crippen molar-refractivity contribution in [2.75, 3.05) is 6.61 Å². The highest BCUT2D eigenvalue weighted by Gasteiger charge is 2.29. The standard InChI is InChI=1S/C18H13F2N3O5/c1-8-21-17-12(23(8)22-26)4-9(18(24)25)5-15(17)28-13-2-3-27-14-7-10(19)6-11(20)16(13)14/h4-7,13H,2-3H2,1H3,(H,24,25)/t13-/m0/s1. The second-order valence-electron chi connectivity index (χ2n) is 6.24. The minimum Gasteiger partial charge on any atom is -0.493 e. The molecule has 0 saturated carbocycles. The Morgan fingerprint density at radius 1 is 1.36 bits per heavy atom. The molecular formula is C18H13F2N3O5. The van der Waals surface area contributed by atoms with Crippen molar-refractivity contribution in [2.45, 2.75) is 19.4 Å². The summed E-state index contributed by atoms with van der Waals surface area (Å²) in [7, 11) is 0. The van der Waals surface area contributed by atoms with Crippen molar-refractivity contribution in [2.24, 2.45) is 5.29 Å². The molecule has 0 aliphatic carbocycles. The first-order valence-corrected chi connectivity index (χ1v) is 8.27. The number of aryl methyl sites for hydroxylation is 1. The second-order valence-corrected chi connectivity index (χ2v) is 6.24. The van der Waals surface area contributed by atoms with E-state index in [1.54, 1.807) is 0 Å². The fraction of sp³-hybridized carbons (Fsp3) is 0.222. The van der Waals surface area contributed by atoms with Crippen molar-refractivity contribution >= 4 is 17.0 Å². The van der Waals surface area contributed by atoms with E-state index in [1.807, 2.05) is 0 Å². The molecule has 1 aliphatic heterocycles. The van der Waals surface area contributed by atoms with Crippen LogP contribution in [0.2, 0.25) is 0 Å². The number of carbonyl (C=O) groups is 1. The van der Waals surface area contributed by atoms with Gasteiger partial charge in [0.25, 0.3) is 0 Å². The topological polar surface area (TPSA) is 103 Å². The maximum Gasteiger partial charge on any atom is 0.335 e. The van der Waals surface area contributed by atoms with Crippen LogP contribution in [0.3, 0.4) is 0 Å². The number of halogens is 2. The molecule has 0 radical (unpaired) electrons. The fourth-order valence-electron chi connectivity index (χ4n) is 3.25. The number of hydrogen-bond donors (Lipinski definition) is 1. The Hall–Kier alpha value is -3.56. The first-order valence-electron chi connectivity index (χ1n) is 8.27. The van der Waals surface area contributed by atoms with E-state index in [4.69, 9.17) is 9.47 Å². The molecule has 2 heterocycles. The lowest BCUT2D eigenvalue weighted by Crippen LogP contribution is -2.20. The SMILES string of the molecule is Cc1nc2c(O[C@H]3CCOc4cc(F)cc(F)c43)cc(C(=O)O)cc2n1N=O. The number of carboxylic acids is 1. The van der Waals surface area contributed by atoms with Gasteiger partial charge in [-0.15, -0.1) is 4.91 Å². The Bertz CT molecular complexity index is 1130. The van der Waals surface area contributed by atoms with Crippen LogP contribution < -0.4 is 9.47 Å². The van der Waals surface area contributed by atoms with E-state index in [9.17, 15) is 23.6 Å². The molecule has 10 heteroatoms. The van der Waals surface area contributed by atoms with E-state index in [0.29, 0.717) is 0 Å². The van der Waals surface area contributed by atoms with Crippen molar-refractivity contribution in [1.29, 1.82) is 0 Å². The molecule has 8 nitrogen and oxygen atoms in total. The van der Waals surface area contributed by atoms with E-state index in [-0.39, 0.29) is 52.5 Å². The summed E-state index contributed by atoms with van der Waals surface area (Å²) in [5, 5.41) is 12.2. The molecule has 0 bridgehead atoms. The zero-order valence-electron chi connectivity index (χ0n) is 14.5. The highest BCUT2D eigenvalue weighted by Crippen LogP contribution is 2.39. The van der Waals surface area contributed by atoms with Crippen LogP contribution >= 0.6 is 0 Å². The fourth-order valence-corrected chi connectivity index (χ4v) is 3.25. The van der Waals surface area contributed by atoms with Gasteiger partial charge in [0, 0.05) is 18.6 Å². The van der Waals surface area contributed by atoms with Crippen molar-refractivity contribution < 1.29 is 28.2 Å². The van der Waals surface area contributed by atoms with Crippen LogP contribution in [0.4, 0.5) is 8.78 Å². The first kappa shape index (κ1) is 17.8. The largest absolute Gasteiger partial charge is 0.493 e. The number of imidazole rings is 1. The van der Waals surface area contributed by atoms with Gasteiger partial charge in [-0.2, -0.15) is 4.68 Å². The van der Waals surface area contributed by atoms with Crippen LogP contribution in [0.1, 0.15) is 34.3 Å². The number of carboxylic acid groups (broad SMARTS) is 1. The lowest BCUT2D eigenvalue weighted by molar-refractivity contribution is 0.0695. The lowest BCUT2D eigenvalue weighted by atomic mass is 10.0. The van der Waals surface area contributed by atoms with Crippen molar-refractivity contribution in [3.05, 3.63) is 57.8 Å². The molecule has 3 aromatic rings. The minimum absolute atomic E-state index is 0.0238. The quantitative estimate of drug-likeness (QED) is 0.682. The maximum absolute atomic E-state index is 14.4. The van der Waals surface area contributed by atoms with Crippen molar-refractivity contribution in [3.8, 4) is 11.5 Å². The molecule has 0 fully saturated rings. The number of hydrogen-bond acceptors (Lipinski definition) is 6. The Morgan fingerprint density at radius 2 is 2.14 bits per heavy atom. The molecule has 0 spiro atoms. The number of nitrogens with zero attached hydrogens (tertiary/aromatic N) is 3. The van der Waals surface area contributed by atoms with Gasteiger partial charge in [0.1, 0.15) is 46.1 Å². The summed E-state index contributed by atoms with van der Waals surface area (Å²) in [6.07, 6.45) is -0.605. The van der Waals surface area contributed by atoms with Crippen LogP contribution in [-0.2, 0) is 0 Å². The Balaban J connectivity index is 1.85. The van der Waals surface area contributed by atoms with Crippen LogP contribution in [0.15, 0.2) is 29.6 Å². The third-order valence-corrected chi connectivity index (χ3v) is 4.48. The summed E-state index contributed by atoms with van der Waals surface area (Å²) in [5.41, 5.74) is 0.234. The predicted octanol–water partition coefficient (Wildman–Crippen LogP) is 3.75. The van der Waals surface area contributed by atoms with E-state index in [2.05, 4.69) is 10.3 Å². The predicted molar refractivity (Wildman–Crippen MR) is 92.5 cm³/mol. The Morgan fingerprint density at radius 3 is 2.86 bits per heavy atom. The summed E-state index contributed by atoms with van der Waals surface area (Å²) >= 11 is 0. The number of nitroso groups, excluding NO2 is 1. The average Bonchev–Trinajstić information content (AvgIpc) is 2.96. The number of fused-ring (bicyclic) bond motifs is 2. The molecule has 1 atom stereocenters. The van der Waals surface area contributed by atoms with Crippen molar-refractivity contribution in [3.63, 3.8) is 0 Å². The molecule has 2 aromatic carbocycles. The van der Waals surface area contributed by atoms with Gasteiger partial charge in [0.15, 0.2) is 0 Å². The van der Waals surface area contributed by atoms with Gasteiger partial charge in [-0.1, -0.05) is 0 Å². The summed E-state index contributed by atoms with van der Waals surface area (Å²) in [6, 6.07) is 4.28. The highest BCUT2D eigenvalue weighted by atomic mass is 19.1. The van der Waals surface area contributed by atoms with Crippen LogP contribution in [0.5, 0.6) is 11.5 Å². The van der Waals surface area contributed by atoms with Gasteiger partial charge >= 0.3 is 5.97 Å². The highest BCUT2D eigenvalue weighted by molar-refractivity contribution is 5.95. The number of aromatic nitrogens is 2. The van der Waals surface area contributed by atoms with Gasteiger partial charge < -0.3 is 14.6 Å². The Labute approximate surface area is 156 Å². The molecule has 0 saturated heterocycles. The average molecular weight is 389 g/mol. The molecule has 1 aromatic heterocycles. The van der Waals surface area contributed by atoms with E-state index in [1.165, 1.54) is 19.1 Å². The monoisotopic (exact) mass is 389 g/mol. The molecule has 4 rings (SSSR count). The molecule has 0 amide bonds. The number of rotatable bonds is 4. The zero-order valence-corrected chi connectivity index (χ0v) is 14.5. The first-order chi connectivity index (χ1) is 13.4.